The average molecular weight is 689 g/mol. The van der Waals surface area contributed by atoms with Crippen LogP contribution in [0.4, 0.5) is 17.1 Å². The normalized spacial score (nSPS) is 11.3. The van der Waals surface area contributed by atoms with Crippen LogP contribution in [0, 0.1) is 0 Å². The summed E-state index contributed by atoms with van der Waals surface area (Å²) in [5.74, 6) is 0. The summed E-state index contributed by atoms with van der Waals surface area (Å²) >= 11 is 0. The number of rotatable bonds is 7. The predicted octanol–water partition coefficient (Wildman–Crippen LogP) is 14.4. The van der Waals surface area contributed by atoms with Crippen LogP contribution in [0.1, 0.15) is 0 Å². The number of para-hydroxylation sites is 2. The van der Waals surface area contributed by atoms with Gasteiger partial charge in [-0.3, -0.25) is 0 Å². The van der Waals surface area contributed by atoms with Crippen molar-refractivity contribution in [2.45, 2.75) is 0 Å². The second kappa shape index (κ2) is 13.4. The molecule has 0 N–H and O–H groups in total. The summed E-state index contributed by atoms with van der Waals surface area (Å²) in [6, 6.07) is 78.8. The van der Waals surface area contributed by atoms with Gasteiger partial charge in [-0.15, -0.1) is 0 Å². The summed E-state index contributed by atoms with van der Waals surface area (Å²) in [6.45, 7) is 0. The lowest BCUT2D eigenvalue weighted by atomic mass is 9.95. The summed E-state index contributed by atoms with van der Waals surface area (Å²) in [5.41, 5.74) is 14.2. The molecule has 0 saturated carbocycles. The standard InChI is InChI=1S/C52H36N2/c1-4-14-37(15-5-1)39-24-29-43(30-25-39)53(44-31-26-40(27-32-44)38-16-6-2-7-17-38)51-35-33-45(46-20-10-11-21-47(46)51)41-28-34-52-49(36-41)48-22-12-13-23-50(48)54(52)42-18-8-3-9-19-42/h1-36H. The summed E-state index contributed by atoms with van der Waals surface area (Å²) in [6.07, 6.45) is 0. The van der Waals surface area contributed by atoms with Gasteiger partial charge in [0, 0.05) is 33.2 Å². The Balaban J connectivity index is 1.13. The molecule has 0 aliphatic carbocycles. The summed E-state index contributed by atoms with van der Waals surface area (Å²) in [7, 11) is 0. The van der Waals surface area contributed by atoms with Crippen LogP contribution < -0.4 is 4.90 Å². The fourth-order valence-electron chi connectivity index (χ4n) is 8.02. The van der Waals surface area contributed by atoms with E-state index in [1.165, 1.54) is 71.6 Å². The third-order valence-electron chi connectivity index (χ3n) is 10.6. The Morgan fingerprint density at radius 3 is 1.37 bits per heavy atom. The first-order chi connectivity index (χ1) is 26.8. The highest BCUT2D eigenvalue weighted by molar-refractivity contribution is 6.12. The molecule has 10 rings (SSSR count). The Labute approximate surface area is 315 Å². The average Bonchev–Trinajstić information content (AvgIpc) is 3.59. The number of nitrogens with zero attached hydrogens (tertiary/aromatic N) is 2. The second-order valence-electron chi connectivity index (χ2n) is 13.8. The molecule has 0 saturated heterocycles. The van der Waals surface area contributed by atoms with Crippen molar-refractivity contribution in [2.24, 2.45) is 0 Å². The van der Waals surface area contributed by atoms with Crippen LogP contribution in [0.2, 0.25) is 0 Å². The van der Waals surface area contributed by atoms with Gasteiger partial charge in [0.1, 0.15) is 0 Å². The van der Waals surface area contributed by atoms with E-state index >= 15 is 0 Å². The molecule has 0 aliphatic rings. The molecule has 10 aromatic rings. The number of hydrogen-bond acceptors (Lipinski definition) is 1. The van der Waals surface area contributed by atoms with E-state index in [0.29, 0.717) is 0 Å². The molecule has 9 aromatic carbocycles. The van der Waals surface area contributed by atoms with Crippen LogP contribution in [-0.4, -0.2) is 4.57 Å². The highest BCUT2D eigenvalue weighted by Crippen LogP contribution is 2.44. The van der Waals surface area contributed by atoms with Crippen LogP contribution in [0.3, 0.4) is 0 Å². The first-order valence-corrected chi connectivity index (χ1v) is 18.5. The highest BCUT2D eigenvalue weighted by atomic mass is 15.1. The molecule has 0 bridgehead atoms. The van der Waals surface area contributed by atoms with Gasteiger partial charge in [0.05, 0.1) is 16.7 Å². The van der Waals surface area contributed by atoms with Gasteiger partial charge in [-0.25, -0.2) is 0 Å². The van der Waals surface area contributed by atoms with Crippen molar-refractivity contribution in [3.63, 3.8) is 0 Å². The minimum atomic E-state index is 1.11. The zero-order chi connectivity index (χ0) is 35.8. The fraction of sp³-hybridized carbons (Fsp3) is 0. The maximum atomic E-state index is 2.40. The molecule has 0 atom stereocenters. The Morgan fingerprint density at radius 1 is 0.296 bits per heavy atom. The minimum Gasteiger partial charge on any atom is -0.310 e. The van der Waals surface area contributed by atoms with E-state index in [4.69, 9.17) is 0 Å². The van der Waals surface area contributed by atoms with Gasteiger partial charge in [0.2, 0.25) is 0 Å². The molecule has 0 radical (unpaired) electrons. The molecular formula is C52H36N2. The predicted molar refractivity (Wildman–Crippen MR) is 229 cm³/mol. The van der Waals surface area contributed by atoms with Crippen LogP contribution in [0.25, 0.3) is 71.6 Å². The van der Waals surface area contributed by atoms with E-state index < -0.39 is 0 Å². The maximum absolute atomic E-state index is 2.40. The van der Waals surface area contributed by atoms with Crippen LogP contribution in [0.5, 0.6) is 0 Å². The quantitative estimate of drug-likeness (QED) is 0.162. The van der Waals surface area contributed by atoms with Crippen molar-refractivity contribution in [1.29, 1.82) is 0 Å². The van der Waals surface area contributed by atoms with Gasteiger partial charge in [-0.05, 0) is 99.4 Å². The Kier molecular flexibility index (Phi) is 7.85. The van der Waals surface area contributed by atoms with Crippen molar-refractivity contribution in [3.8, 4) is 39.1 Å². The molecule has 2 heteroatoms. The molecule has 254 valence electrons. The molecule has 0 fully saturated rings. The fourth-order valence-corrected chi connectivity index (χ4v) is 8.02. The van der Waals surface area contributed by atoms with Gasteiger partial charge >= 0.3 is 0 Å². The lowest BCUT2D eigenvalue weighted by Gasteiger charge is -2.28. The number of fused-ring (bicyclic) bond motifs is 4. The molecule has 2 nitrogen and oxygen atoms in total. The van der Waals surface area contributed by atoms with Gasteiger partial charge in [-0.1, -0.05) is 158 Å². The van der Waals surface area contributed by atoms with Gasteiger partial charge in [0.25, 0.3) is 0 Å². The first-order valence-electron chi connectivity index (χ1n) is 18.5. The SMILES string of the molecule is c1ccc(-c2ccc(N(c3ccc(-c4ccccc4)cc3)c3ccc(-c4ccc5c(c4)c4ccccc4n5-c4ccccc4)c4ccccc34)cc2)cc1. The van der Waals surface area contributed by atoms with E-state index in [-0.39, 0.29) is 0 Å². The smallest absolute Gasteiger partial charge is 0.0541 e. The Bertz CT molecular complexity index is 2810. The third-order valence-corrected chi connectivity index (χ3v) is 10.6. The van der Waals surface area contributed by atoms with Gasteiger partial charge in [0.15, 0.2) is 0 Å². The van der Waals surface area contributed by atoms with E-state index in [1.54, 1.807) is 0 Å². The second-order valence-corrected chi connectivity index (χ2v) is 13.8. The number of aromatic nitrogens is 1. The van der Waals surface area contributed by atoms with E-state index in [9.17, 15) is 0 Å². The lowest BCUT2D eigenvalue weighted by Crippen LogP contribution is -2.10. The molecular weight excluding hydrogens is 653 g/mol. The van der Waals surface area contributed by atoms with E-state index in [1.807, 2.05) is 0 Å². The van der Waals surface area contributed by atoms with Crippen molar-refractivity contribution in [3.05, 3.63) is 218 Å². The van der Waals surface area contributed by atoms with E-state index in [2.05, 4.69) is 228 Å². The largest absolute Gasteiger partial charge is 0.310 e. The van der Waals surface area contributed by atoms with Crippen molar-refractivity contribution in [2.75, 3.05) is 4.90 Å². The third kappa shape index (κ3) is 5.53. The van der Waals surface area contributed by atoms with Crippen LogP contribution >= 0.6 is 0 Å². The molecule has 0 amide bonds. The first kappa shape index (κ1) is 31.6. The number of hydrogen-bond donors (Lipinski definition) is 0. The van der Waals surface area contributed by atoms with Crippen molar-refractivity contribution in [1.82, 2.24) is 4.57 Å². The molecule has 0 unspecified atom stereocenters. The number of benzene rings is 9. The topological polar surface area (TPSA) is 8.17 Å². The molecule has 0 aliphatic heterocycles. The monoisotopic (exact) mass is 688 g/mol. The molecule has 1 aromatic heterocycles. The number of anilines is 3. The van der Waals surface area contributed by atoms with Crippen molar-refractivity contribution < 1.29 is 0 Å². The molecule has 54 heavy (non-hydrogen) atoms. The molecule has 0 spiro atoms. The summed E-state index contributed by atoms with van der Waals surface area (Å²) in [4.78, 5) is 2.40. The van der Waals surface area contributed by atoms with Crippen molar-refractivity contribution >= 4 is 49.6 Å². The van der Waals surface area contributed by atoms with Crippen LogP contribution in [-0.2, 0) is 0 Å². The Hall–Kier alpha value is -7.16. The summed E-state index contributed by atoms with van der Waals surface area (Å²) in [5, 5.41) is 4.91. The van der Waals surface area contributed by atoms with E-state index in [0.717, 1.165) is 17.1 Å². The van der Waals surface area contributed by atoms with Crippen LogP contribution in [0.15, 0.2) is 218 Å². The zero-order valence-electron chi connectivity index (χ0n) is 29.7. The highest BCUT2D eigenvalue weighted by Gasteiger charge is 2.19. The van der Waals surface area contributed by atoms with Gasteiger partial charge < -0.3 is 9.47 Å². The Morgan fingerprint density at radius 2 is 0.759 bits per heavy atom. The minimum absolute atomic E-state index is 1.11. The maximum Gasteiger partial charge on any atom is 0.0541 e. The molecule has 1 heterocycles. The van der Waals surface area contributed by atoms with Gasteiger partial charge in [-0.2, -0.15) is 0 Å². The summed E-state index contributed by atoms with van der Waals surface area (Å²) < 4.78 is 2.37. The lowest BCUT2D eigenvalue weighted by molar-refractivity contribution is 1.18. The zero-order valence-corrected chi connectivity index (χ0v) is 29.7.